The van der Waals surface area contributed by atoms with Crippen molar-refractivity contribution in [2.45, 2.75) is 33.1 Å². The standard InChI is InChI=1S/C16H25FN2O3S/c1-13(2)10-11-18-16(20)9-6-12-19(23(3,21)22)15-8-5-4-7-14(15)17/h4-5,7-8,13H,6,9-12H2,1-3H3,(H,18,20). The van der Waals surface area contributed by atoms with E-state index in [-0.39, 0.29) is 24.6 Å². The molecule has 0 aliphatic carbocycles. The smallest absolute Gasteiger partial charge is 0.232 e. The van der Waals surface area contributed by atoms with E-state index in [4.69, 9.17) is 0 Å². The summed E-state index contributed by atoms with van der Waals surface area (Å²) in [5.74, 6) is -0.205. The Kier molecular flexibility index (Phi) is 7.48. The summed E-state index contributed by atoms with van der Waals surface area (Å²) in [4.78, 5) is 11.7. The van der Waals surface area contributed by atoms with Gasteiger partial charge in [-0.15, -0.1) is 0 Å². The molecular formula is C16H25FN2O3S. The van der Waals surface area contributed by atoms with Crippen molar-refractivity contribution in [3.63, 3.8) is 0 Å². The van der Waals surface area contributed by atoms with Crippen LogP contribution in [0.1, 0.15) is 33.1 Å². The van der Waals surface area contributed by atoms with Gasteiger partial charge in [-0.1, -0.05) is 26.0 Å². The minimum Gasteiger partial charge on any atom is -0.356 e. The number of rotatable bonds is 9. The number of nitrogens with zero attached hydrogens (tertiary/aromatic N) is 1. The predicted molar refractivity (Wildman–Crippen MR) is 90.3 cm³/mol. The van der Waals surface area contributed by atoms with Gasteiger partial charge >= 0.3 is 0 Å². The average molecular weight is 344 g/mol. The number of nitrogens with one attached hydrogen (secondary N) is 1. The molecule has 0 unspecified atom stereocenters. The van der Waals surface area contributed by atoms with E-state index in [0.717, 1.165) is 17.0 Å². The molecule has 0 aliphatic rings. The molecule has 23 heavy (non-hydrogen) atoms. The van der Waals surface area contributed by atoms with E-state index >= 15 is 0 Å². The molecule has 0 atom stereocenters. The zero-order chi connectivity index (χ0) is 17.5. The number of amides is 1. The maximum Gasteiger partial charge on any atom is 0.232 e. The summed E-state index contributed by atoms with van der Waals surface area (Å²) in [7, 11) is -3.60. The summed E-state index contributed by atoms with van der Waals surface area (Å²) in [5, 5.41) is 2.80. The van der Waals surface area contributed by atoms with Crippen LogP contribution in [-0.2, 0) is 14.8 Å². The molecule has 1 amide bonds. The second kappa shape index (κ2) is 8.86. The molecule has 0 aromatic heterocycles. The molecule has 1 rings (SSSR count). The molecule has 0 fully saturated rings. The number of halogens is 1. The van der Waals surface area contributed by atoms with Gasteiger partial charge in [0.05, 0.1) is 11.9 Å². The topological polar surface area (TPSA) is 66.5 Å². The Balaban J connectivity index is 2.58. The fourth-order valence-corrected chi connectivity index (χ4v) is 3.06. The summed E-state index contributed by atoms with van der Waals surface area (Å²) in [6, 6.07) is 5.71. The van der Waals surface area contributed by atoms with Crippen molar-refractivity contribution in [1.82, 2.24) is 5.32 Å². The number of hydrogen-bond donors (Lipinski definition) is 1. The lowest BCUT2D eigenvalue weighted by molar-refractivity contribution is -0.121. The minimum atomic E-state index is -3.60. The summed E-state index contributed by atoms with van der Waals surface area (Å²) < 4.78 is 38.5. The van der Waals surface area contributed by atoms with Crippen molar-refractivity contribution < 1.29 is 17.6 Å². The number of anilines is 1. The highest BCUT2D eigenvalue weighted by molar-refractivity contribution is 7.92. The summed E-state index contributed by atoms with van der Waals surface area (Å²) in [6.45, 7) is 4.83. The zero-order valence-electron chi connectivity index (χ0n) is 13.9. The van der Waals surface area contributed by atoms with Gasteiger partial charge in [0.2, 0.25) is 15.9 Å². The number of carbonyl (C=O) groups is 1. The maximum absolute atomic E-state index is 13.8. The van der Waals surface area contributed by atoms with E-state index in [1.165, 1.54) is 18.2 Å². The Hall–Kier alpha value is -1.63. The SMILES string of the molecule is CC(C)CCNC(=O)CCCN(c1ccccc1F)S(C)(=O)=O. The maximum atomic E-state index is 13.8. The second-order valence-corrected chi connectivity index (χ2v) is 7.83. The first-order chi connectivity index (χ1) is 10.7. The third kappa shape index (κ3) is 6.99. The lowest BCUT2D eigenvalue weighted by Gasteiger charge is -2.22. The first-order valence-electron chi connectivity index (χ1n) is 7.70. The van der Waals surface area contributed by atoms with Crippen molar-refractivity contribution in [1.29, 1.82) is 0 Å². The van der Waals surface area contributed by atoms with Gasteiger partial charge in [-0.05, 0) is 30.9 Å². The average Bonchev–Trinajstić information content (AvgIpc) is 2.43. The number of para-hydroxylation sites is 1. The summed E-state index contributed by atoms with van der Waals surface area (Å²) in [5.41, 5.74) is 0.00946. The first-order valence-corrected chi connectivity index (χ1v) is 9.55. The highest BCUT2D eigenvalue weighted by atomic mass is 32.2. The van der Waals surface area contributed by atoms with Crippen LogP contribution in [-0.4, -0.2) is 33.7 Å². The van der Waals surface area contributed by atoms with E-state index in [9.17, 15) is 17.6 Å². The molecule has 7 heteroatoms. The normalized spacial score (nSPS) is 11.5. The fourth-order valence-electron chi connectivity index (χ4n) is 2.09. The molecule has 0 radical (unpaired) electrons. The van der Waals surface area contributed by atoms with Crippen LogP contribution in [0.15, 0.2) is 24.3 Å². The van der Waals surface area contributed by atoms with Gasteiger partial charge in [0.1, 0.15) is 5.82 Å². The van der Waals surface area contributed by atoms with Crippen LogP contribution in [0, 0.1) is 11.7 Å². The monoisotopic (exact) mass is 344 g/mol. The largest absolute Gasteiger partial charge is 0.356 e. The number of hydrogen-bond acceptors (Lipinski definition) is 3. The van der Waals surface area contributed by atoms with Crippen molar-refractivity contribution in [3.8, 4) is 0 Å². The summed E-state index contributed by atoms with van der Waals surface area (Å²) >= 11 is 0. The second-order valence-electron chi connectivity index (χ2n) is 5.92. The van der Waals surface area contributed by atoms with Crippen molar-refractivity contribution >= 4 is 21.6 Å². The predicted octanol–water partition coefficient (Wildman–Crippen LogP) is 2.53. The van der Waals surface area contributed by atoms with E-state index < -0.39 is 15.8 Å². The van der Waals surface area contributed by atoms with Gasteiger partial charge in [0.25, 0.3) is 0 Å². The fraction of sp³-hybridized carbons (Fsp3) is 0.562. The number of carbonyl (C=O) groups excluding carboxylic acids is 1. The Morgan fingerprint density at radius 2 is 1.96 bits per heavy atom. The number of benzene rings is 1. The summed E-state index contributed by atoms with van der Waals surface area (Å²) in [6.07, 6.45) is 2.46. The Labute approximate surface area is 137 Å². The molecule has 0 aliphatic heterocycles. The lowest BCUT2D eigenvalue weighted by atomic mass is 10.1. The van der Waals surface area contributed by atoms with E-state index in [1.807, 2.05) is 0 Å². The first kappa shape index (κ1) is 19.4. The number of sulfonamides is 1. The molecule has 0 heterocycles. The molecular weight excluding hydrogens is 319 g/mol. The Bertz CT molecular complexity index is 618. The molecule has 0 spiro atoms. The van der Waals surface area contributed by atoms with E-state index in [2.05, 4.69) is 19.2 Å². The molecule has 0 saturated heterocycles. The van der Waals surface area contributed by atoms with Crippen molar-refractivity contribution in [2.75, 3.05) is 23.7 Å². The van der Waals surface area contributed by atoms with Crippen LogP contribution < -0.4 is 9.62 Å². The molecule has 5 nitrogen and oxygen atoms in total. The van der Waals surface area contributed by atoms with Gasteiger partial charge in [-0.2, -0.15) is 0 Å². The molecule has 0 bridgehead atoms. The quantitative estimate of drug-likeness (QED) is 0.748. The highest BCUT2D eigenvalue weighted by Crippen LogP contribution is 2.21. The van der Waals surface area contributed by atoms with Crippen LogP contribution >= 0.6 is 0 Å². The van der Waals surface area contributed by atoms with Gasteiger partial charge in [0.15, 0.2) is 0 Å². The molecule has 0 saturated carbocycles. The third-order valence-electron chi connectivity index (χ3n) is 3.33. The zero-order valence-corrected chi connectivity index (χ0v) is 14.7. The van der Waals surface area contributed by atoms with E-state index in [1.54, 1.807) is 6.07 Å². The van der Waals surface area contributed by atoms with Crippen LogP contribution in [0.2, 0.25) is 0 Å². The van der Waals surface area contributed by atoms with Crippen LogP contribution in [0.4, 0.5) is 10.1 Å². The van der Waals surface area contributed by atoms with Gasteiger partial charge in [0, 0.05) is 19.5 Å². The molecule has 1 N–H and O–H groups in total. The van der Waals surface area contributed by atoms with Gasteiger partial charge < -0.3 is 5.32 Å². The third-order valence-corrected chi connectivity index (χ3v) is 4.51. The van der Waals surface area contributed by atoms with E-state index in [0.29, 0.717) is 18.9 Å². The van der Waals surface area contributed by atoms with Crippen LogP contribution in [0.5, 0.6) is 0 Å². The lowest BCUT2D eigenvalue weighted by Crippen LogP contribution is -2.33. The highest BCUT2D eigenvalue weighted by Gasteiger charge is 2.20. The molecule has 1 aromatic carbocycles. The van der Waals surface area contributed by atoms with Crippen LogP contribution in [0.25, 0.3) is 0 Å². The molecule has 130 valence electrons. The van der Waals surface area contributed by atoms with Gasteiger partial charge in [-0.3, -0.25) is 9.10 Å². The molecule has 1 aromatic rings. The minimum absolute atomic E-state index is 0.00946. The Morgan fingerprint density at radius 3 is 2.52 bits per heavy atom. The van der Waals surface area contributed by atoms with Crippen LogP contribution in [0.3, 0.4) is 0 Å². The van der Waals surface area contributed by atoms with Crippen molar-refractivity contribution in [3.05, 3.63) is 30.1 Å². The Morgan fingerprint density at radius 1 is 1.30 bits per heavy atom. The van der Waals surface area contributed by atoms with Crippen molar-refractivity contribution in [2.24, 2.45) is 5.92 Å². The van der Waals surface area contributed by atoms with Gasteiger partial charge in [-0.25, -0.2) is 12.8 Å².